The third-order valence-corrected chi connectivity index (χ3v) is 4.69. The first-order chi connectivity index (χ1) is 8.14. The van der Waals surface area contributed by atoms with Gasteiger partial charge in [0.15, 0.2) is 0 Å². The van der Waals surface area contributed by atoms with Crippen LogP contribution in [0.2, 0.25) is 0 Å². The van der Waals surface area contributed by atoms with Crippen LogP contribution in [0.1, 0.15) is 34.1 Å². The van der Waals surface area contributed by atoms with Gasteiger partial charge in [-0.25, -0.2) is 0 Å². The minimum Gasteiger partial charge on any atom is -0.387 e. The Bertz CT molecular complexity index is 354. The summed E-state index contributed by atoms with van der Waals surface area (Å²) in [6.45, 7) is 7.49. The normalized spacial score (nSPS) is 28.1. The fourth-order valence-corrected chi connectivity index (χ4v) is 2.93. The molecule has 1 aliphatic rings. The zero-order valence-electron chi connectivity index (χ0n) is 11.8. The molecule has 0 aromatic heterocycles. The summed E-state index contributed by atoms with van der Waals surface area (Å²) >= 11 is 1.50. The molecule has 2 unspecified atom stereocenters. The second-order valence-corrected chi connectivity index (χ2v) is 6.83. The van der Waals surface area contributed by atoms with Crippen molar-refractivity contribution in [3.05, 3.63) is 0 Å². The van der Waals surface area contributed by atoms with Gasteiger partial charge in [-0.2, -0.15) is 11.8 Å². The highest BCUT2D eigenvalue weighted by Gasteiger charge is 2.51. The Kier molecular flexibility index (Phi) is 4.49. The van der Waals surface area contributed by atoms with Crippen molar-refractivity contribution in [3.8, 4) is 0 Å². The Labute approximate surface area is 113 Å². The van der Waals surface area contributed by atoms with E-state index in [0.29, 0.717) is 5.75 Å². The first kappa shape index (κ1) is 15.5. The minimum atomic E-state index is -1.02. The molecule has 0 saturated carbocycles. The summed E-state index contributed by atoms with van der Waals surface area (Å²) in [6.07, 6.45) is 2.14. The number of carbonyl (C=O) groups excluding carboxylic acids is 2. The molecule has 18 heavy (non-hydrogen) atoms. The van der Waals surface area contributed by atoms with E-state index in [1.54, 1.807) is 6.92 Å². The molecule has 1 rings (SSSR count). The molecule has 1 N–H and O–H groups in total. The van der Waals surface area contributed by atoms with E-state index in [1.165, 1.54) is 16.7 Å². The number of β-amino-alcohol motifs (C(OH)–C–C–N with tert-alkyl or cyclic N) is 1. The third-order valence-electron chi connectivity index (χ3n) is 3.78. The molecule has 0 aromatic rings. The number of hydrogen-bond donors (Lipinski definition) is 1. The quantitative estimate of drug-likeness (QED) is 0.772. The number of likely N-dealkylation sites (tertiary alicyclic amines) is 1. The maximum absolute atomic E-state index is 12.3. The van der Waals surface area contributed by atoms with Gasteiger partial charge in [-0.15, -0.1) is 0 Å². The average Bonchev–Trinajstić information content (AvgIpc) is 2.43. The Hall–Kier alpha value is -0.550. The summed E-state index contributed by atoms with van der Waals surface area (Å²) in [7, 11) is 0. The van der Waals surface area contributed by atoms with E-state index in [4.69, 9.17) is 0 Å². The highest BCUT2D eigenvalue weighted by molar-refractivity contribution is 7.98. The van der Waals surface area contributed by atoms with Gasteiger partial charge in [0.1, 0.15) is 0 Å². The molecule has 1 aliphatic heterocycles. The fourth-order valence-electron chi connectivity index (χ4n) is 2.22. The van der Waals surface area contributed by atoms with Crippen LogP contribution in [0.5, 0.6) is 0 Å². The zero-order valence-corrected chi connectivity index (χ0v) is 12.6. The van der Waals surface area contributed by atoms with E-state index in [9.17, 15) is 14.7 Å². The number of rotatable bonds is 5. The van der Waals surface area contributed by atoms with E-state index in [0.717, 1.165) is 0 Å². The molecule has 5 heteroatoms. The molecule has 2 amide bonds. The van der Waals surface area contributed by atoms with E-state index in [1.807, 2.05) is 27.0 Å². The lowest BCUT2D eigenvalue weighted by atomic mass is 9.78. The van der Waals surface area contributed by atoms with Crippen LogP contribution >= 0.6 is 11.8 Å². The van der Waals surface area contributed by atoms with E-state index < -0.39 is 11.0 Å². The third kappa shape index (κ3) is 2.88. The number of thioether (sulfide) groups is 1. The van der Waals surface area contributed by atoms with E-state index in [2.05, 4.69) is 0 Å². The van der Waals surface area contributed by atoms with Crippen LogP contribution in [0.15, 0.2) is 0 Å². The van der Waals surface area contributed by atoms with Crippen LogP contribution in [-0.4, -0.2) is 46.0 Å². The molecular weight excluding hydrogens is 250 g/mol. The molecule has 1 fully saturated rings. The topological polar surface area (TPSA) is 57.6 Å². The molecule has 0 aromatic carbocycles. The lowest BCUT2D eigenvalue weighted by Gasteiger charge is -2.30. The van der Waals surface area contributed by atoms with Crippen molar-refractivity contribution in [2.24, 2.45) is 11.3 Å². The maximum Gasteiger partial charge on any atom is 0.235 e. The Morgan fingerprint density at radius 3 is 2.44 bits per heavy atom. The van der Waals surface area contributed by atoms with Crippen LogP contribution in [0.25, 0.3) is 0 Å². The van der Waals surface area contributed by atoms with Gasteiger partial charge < -0.3 is 5.11 Å². The van der Waals surface area contributed by atoms with Crippen molar-refractivity contribution in [1.82, 2.24) is 4.90 Å². The maximum atomic E-state index is 12.3. The van der Waals surface area contributed by atoms with Gasteiger partial charge in [0, 0.05) is 12.2 Å². The molecule has 2 atom stereocenters. The van der Waals surface area contributed by atoms with Crippen molar-refractivity contribution in [3.63, 3.8) is 0 Å². The first-order valence-electron chi connectivity index (χ1n) is 6.20. The van der Waals surface area contributed by atoms with Crippen molar-refractivity contribution >= 4 is 23.6 Å². The van der Waals surface area contributed by atoms with Crippen molar-refractivity contribution in [2.45, 2.75) is 39.7 Å². The highest BCUT2D eigenvalue weighted by atomic mass is 32.2. The molecule has 0 aliphatic carbocycles. The summed E-state index contributed by atoms with van der Waals surface area (Å²) in [4.78, 5) is 25.6. The van der Waals surface area contributed by atoms with Crippen molar-refractivity contribution < 1.29 is 14.7 Å². The van der Waals surface area contributed by atoms with Crippen molar-refractivity contribution in [1.29, 1.82) is 0 Å². The predicted octanol–water partition coefficient (Wildman–Crippen LogP) is 1.52. The van der Waals surface area contributed by atoms with Gasteiger partial charge in [0.2, 0.25) is 11.8 Å². The number of carbonyl (C=O) groups is 2. The second kappa shape index (κ2) is 5.21. The number of nitrogens with zero attached hydrogens (tertiary/aromatic N) is 1. The molecule has 104 valence electrons. The van der Waals surface area contributed by atoms with E-state index in [-0.39, 0.29) is 30.7 Å². The smallest absolute Gasteiger partial charge is 0.235 e. The second-order valence-electron chi connectivity index (χ2n) is 5.96. The molecule has 0 radical (unpaired) electrons. The Morgan fingerprint density at radius 1 is 1.50 bits per heavy atom. The number of aliphatic hydroxyl groups is 1. The Balaban J connectivity index is 2.86. The molecule has 1 heterocycles. The molecule has 1 saturated heterocycles. The lowest BCUT2D eigenvalue weighted by molar-refractivity contribution is -0.145. The Morgan fingerprint density at radius 2 is 2.06 bits per heavy atom. The summed E-state index contributed by atoms with van der Waals surface area (Å²) in [5, 5.41) is 10.2. The zero-order chi connectivity index (χ0) is 14.1. The van der Waals surface area contributed by atoms with Gasteiger partial charge in [-0.3, -0.25) is 14.5 Å². The van der Waals surface area contributed by atoms with Crippen LogP contribution in [0.3, 0.4) is 0 Å². The van der Waals surface area contributed by atoms with Crippen molar-refractivity contribution in [2.75, 3.05) is 18.6 Å². The monoisotopic (exact) mass is 273 g/mol. The molecule has 0 bridgehead atoms. The van der Waals surface area contributed by atoms with Gasteiger partial charge in [-0.05, 0) is 26.0 Å². The van der Waals surface area contributed by atoms with Gasteiger partial charge in [0.05, 0.1) is 17.6 Å². The van der Waals surface area contributed by atoms with Crippen LogP contribution in [0, 0.1) is 11.3 Å². The van der Waals surface area contributed by atoms with Gasteiger partial charge in [0.25, 0.3) is 0 Å². The fraction of sp³-hybridized carbons (Fsp3) is 0.846. The standard InChI is InChI=1S/C13H23NO3S/c1-9(2)13(4)6-10(15)14(11(13)16)7-12(3,17)8-18-5/h9,17H,6-8H2,1-5H3. The number of hydrogen-bond acceptors (Lipinski definition) is 4. The summed E-state index contributed by atoms with van der Waals surface area (Å²) < 4.78 is 0. The lowest BCUT2D eigenvalue weighted by Crippen LogP contribution is -2.47. The highest BCUT2D eigenvalue weighted by Crippen LogP contribution is 2.39. The summed E-state index contributed by atoms with van der Waals surface area (Å²) in [5.74, 6) is 0.300. The van der Waals surface area contributed by atoms with Crippen LogP contribution < -0.4 is 0 Å². The van der Waals surface area contributed by atoms with Gasteiger partial charge >= 0.3 is 0 Å². The SMILES string of the molecule is CSCC(C)(O)CN1C(=O)CC(C)(C(C)C)C1=O. The minimum absolute atomic E-state index is 0.0911. The van der Waals surface area contributed by atoms with Crippen LogP contribution in [-0.2, 0) is 9.59 Å². The summed E-state index contributed by atoms with van der Waals surface area (Å²) in [6, 6.07) is 0. The first-order valence-corrected chi connectivity index (χ1v) is 7.59. The molecule has 4 nitrogen and oxygen atoms in total. The van der Waals surface area contributed by atoms with Gasteiger partial charge in [-0.1, -0.05) is 13.8 Å². The average molecular weight is 273 g/mol. The largest absolute Gasteiger partial charge is 0.387 e. The van der Waals surface area contributed by atoms with Crippen LogP contribution in [0.4, 0.5) is 0 Å². The number of amides is 2. The van der Waals surface area contributed by atoms with E-state index >= 15 is 0 Å². The molecular formula is C13H23NO3S. The summed E-state index contributed by atoms with van der Waals surface area (Å²) in [5.41, 5.74) is -1.64. The predicted molar refractivity (Wildman–Crippen MR) is 73.3 cm³/mol. The molecule has 0 spiro atoms. The number of imide groups is 1.